The number of ether oxygens (including phenoxy) is 2. The molecule has 156 valence electrons. The third-order valence-corrected chi connectivity index (χ3v) is 5.45. The molecule has 10 nitrogen and oxygen atoms in total. The summed E-state index contributed by atoms with van der Waals surface area (Å²) < 4.78 is 37.2. The quantitative estimate of drug-likeness (QED) is 0.676. The number of methoxy groups -OCH3 is 2. The minimum atomic E-state index is -4.17. The lowest BCUT2D eigenvalue weighted by Gasteiger charge is -2.11. The van der Waals surface area contributed by atoms with Gasteiger partial charge in [-0.15, -0.1) is 0 Å². The Morgan fingerprint density at radius 3 is 2.03 bits per heavy atom. The number of nitrogens with one attached hydrogen (secondary N) is 1. The number of carbonyl (C=O) groups is 3. The van der Waals surface area contributed by atoms with Crippen LogP contribution in [0.15, 0.2) is 52.5 Å². The minimum Gasteiger partial charge on any atom is -0.465 e. The average molecular weight is 432 g/mol. The second-order valence-corrected chi connectivity index (χ2v) is 7.73. The highest BCUT2D eigenvalue weighted by molar-refractivity contribution is 7.92. The molecule has 1 N–H and O–H groups in total. The van der Waals surface area contributed by atoms with Crippen molar-refractivity contribution in [1.82, 2.24) is 0 Å². The van der Waals surface area contributed by atoms with Crippen molar-refractivity contribution in [3.05, 3.63) is 59.2 Å². The first-order valence-electron chi connectivity index (χ1n) is 8.43. The van der Waals surface area contributed by atoms with E-state index in [-0.39, 0.29) is 39.8 Å². The zero-order valence-corrected chi connectivity index (χ0v) is 16.7. The summed E-state index contributed by atoms with van der Waals surface area (Å²) in [5, 5.41) is 3.65. The zero-order valence-electron chi connectivity index (χ0n) is 15.9. The number of carbonyl (C=O) groups excluding carboxylic acids is 3. The van der Waals surface area contributed by atoms with Crippen molar-refractivity contribution < 1.29 is 37.1 Å². The molecule has 3 rings (SSSR count). The van der Waals surface area contributed by atoms with Crippen LogP contribution < -0.4 is 4.72 Å². The van der Waals surface area contributed by atoms with Gasteiger partial charge in [-0.25, -0.2) is 18.0 Å². The van der Waals surface area contributed by atoms with E-state index in [1.807, 2.05) is 0 Å². The summed E-state index contributed by atoms with van der Waals surface area (Å²) in [4.78, 5) is 39.8. The monoisotopic (exact) mass is 432 g/mol. The molecule has 0 atom stereocenters. The predicted octanol–water partition coefficient (Wildman–Crippen LogP) is 1.36. The second-order valence-electron chi connectivity index (χ2n) is 6.05. The molecule has 0 radical (unpaired) electrons. The number of hydrogen-bond donors (Lipinski definition) is 1. The number of oxime groups is 1. The Morgan fingerprint density at radius 1 is 1.00 bits per heavy atom. The van der Waals surface area contributed by atoms with Crippen molar-refractivity contribution in [3.8, 4) is 0 Å². The van der Waals surface area contributed by atoms with Crippen LogP contribution in [0.4, 0.5) is 5.69 Å². The van der Waals surface area contributed by atoms with Crippen molar-refractivity contribution in [2.75, 3.05) is 25.5 Å². The highest BCUT2D eigenvalue weighted by atomic mass is 32.2. The number of ketones is 1. The Hall–Kier alpha value is -3.73. The van der Waals surface area contributed by atoms with Crippen molar-refractivity contribution in [2.24, 2.45) is 5.16 Å². The highest BCUT2D eigenvalue weighted by Crippen LogP contribution is 2.21. The maximum Gasteiger partial charge on any atom is 0.337 e. The van der Waals surface area contributed by atoms with E-state index in [1.165, 1.54) is 30.3 Å². The third kappa shape index (κ3) is 4.30. The molecule has 30 heavy (non-hydrogen) atoms. The number of nitrogens with zero attached hydrogens (tertiary/aromatic N) is 1. The van der Waals surface area contributed by atoms with Crippen molar-refractivity contribution >= 4 is 39.1 Å². The fraction of sp³-hybridized carbons (Fsp3) is 0.158. The molecule has 2 aromatic carbocycles. The van der Waals surface area contributed by atoms with Crippen LogP contribution in [0.3, 0.4) is 0 Å². The molecular weight excluding hydrogens is 416 g/mol. The first-order valence-corrected chi connectivity index (χ1v) is 9.91. The van der Waals surface area contributed by atoms with Gasteiger partial charge in [0, 0.05) is 11.3 Å². The Labute approximate surface area is 171 Å². The maximum absolute atomic E-state index is 12.8. The van der Waals surface area contributed by atoms with Crippen LogP contribution in [0.2, 0.25) is 0 Å². The molecule has 2 aromatic rings. The normalized spacial score (nSPS) is 13.3. The Morgan fingerprint density at radius 2 is 1.57 bits per heavy atom. The smallest absolute Gasteiger partial charge is 0.337 e. The highest BCUT2D eigenvalue weighted by Gasteiger charge is 2.23. The standard InChI is InChI=1S/C19H16N2O8S/c1-27-18(23)12-7-13(19(24)28-2)9-15(8-12)30(25,26)21-14-5-3-11(4-6-14)17-16(22)10-29-20-17/h3-9,21H,10H2,1-2H3. The van der Waals surface area contributed by atoms with Crippen LogP contribution in [0.5, 0.6) is 0 Å². The van der Waals surface area contributed by atoms with Crippen LogP contribution in [-0.4, -0.2) is 52.7 Å². The van der Waals surface area contributed by atoms with E-state index in [2.05, 4.69) is 19.4 Å². The molecule has 11 heteroatoms. The minimum absolute atomic E-state index is 0.131. The van der Waals surface area contributed by atoms with Gasteiger partial charge < -0.3 is 14.3 Å². The summed E-state index contributed by atoms with van der Waals surface area (Å²) in [5.41, 5.74) is 0.551. The lowest BCUT2D eigenvalue weighted by atomic mass is 10.1. The Bertz CT molecular complexity index is 1120. The predicted molar refractivity (Wildman–Crippen MR) is 104 cm³/mol. The van der Waals surface area contributed by atoms with Gasteiger partial charge in [-0.2, -0.15) is 0 Å². The number of sulfonamides is 1. The molecule has 0 fully saturated rings. The van der Waals surface area contributed by atoms with Crippen LogP contribution in [-0.2, 0) is 29.1 Å². The third-order valence-electron chi connectivity index (χ3n) is 4.09. The largest absolute Gasteiger partial charge is 0.465 e. The van der Waals surface area contributed by atoms with E-state index < -0.39 is 22.0 Å². The van der Waals surface area contributed by atoms with Crippen LogP contribution in [0, 0.1) is 0 Å². The first kappa shape index (κ1) is 21.0. The van der Waals surface area contributed by atoms with Crippen LogP contribution in [0.25, 0.3) is 0 Å². The van der Waals surface area contributed by atoms with Crippen LogP contribution in [0.1, 0.15) is 26.3 Å². The fourth-order valence-electron chi connectivity index (χ4n) is 2.62. The average Bonchev–Trinajstić information content (AvgIpc) is 3.18. The number of esters is 2. The maximum atomic E-state index is 12.8. The number of rotatable bonds is 6. The van der Waals surface area contributed by atoms with Gasteiger partial charge in [-0.1, -0.05) is 17.3 Å². The van der Waals surface area contributed by atoms with Crippen molar-refractivity contribution in [1.29, 1.82) is 0 Å². The summed E-state index contributed by atoms with van der Waals surface area (Å²) in [5.74, 6) is -1.91. The van der Waals surface area contributed by atoms with Gasteiger partial charge in [0.2, 0.25) is 5.78 Å². The summed E-state index contributed by atoms with van der Waals surface area (Å²) >= 11 is 0. The molecule has 0 saturated carbocycles. The van der Waals surface area contributed by atoms with Crippen LogP contribution >= 0.6 is 0 Å². The molecule has 1 aliphatic heterocycles. The number of anilines is 1. The molecule has 0 aromatic heterocycles. The van der Waals surface area contributed by atoms with Gasteiger partial charge in [-0.05, 0) is 30.3 Å². The first-order chi connectivity index (χ1) is 14.2. The second kappa shape index (κ2) is 8.33. The molecule has 0 aliphatic carbocycles. The SMILES string of the molecule is COC(=O)c1cc(C(=O)OC)cc(S(=O)(=O)Nc2ccc(C3=NOCC3=O)cc2)c1. The fourth-order valence-corrected chi connectivity index (χ4v) is 3.75. The molecule has 1 aliphatic rings. The summed E-state index contributed by atoms with van der Waals surface area (Å²) in [6.07, 6.45) is 0. The van der Waals surface area contributed by atoms with Crippen molar-refractivity contribution in [3.63, 3.8) is 0 Å². The molecule has 0 bridgehead atoms. The Balaban J connectivity index is 1.92. The van der Waals surface area contributed by atoms with E-state index in [0.29, 0.717) is 5.56 Å². The lowest BCUT2D eigenvalue weighted by Crippen LogP contribution is -2.16. The Kier molecular flexibility index (Phi) is 5.83. The van der Waals surface area contributed by atoms with Gasteiger partial charge in [0.15, 0.2) is 12.3 Å². The van der Waals surface area contributed by atoms with Gasteiger partial charge in [0.05, 0.1) is 30.2 Å². The molecule has 0 saturated heterocycles. The topological polar surface area (TPSA) is 137 Å². The van der Waals surface area contributed by atoms with E-state index in [1.54, 1.807) is 0 Å². The number of benzene rings is 2. The molecule has 0 amide bonds. The van der Waals surface area contributed by atoms with Gasteiger partial charge in [-0.3, -0.25) is 9.52 Å². The van der Waals surface area contributed by atoms with E-state index in [4.69, 9.17) is 4.84 Å². The van der Waals surface area contributed by atoms with Gasteiger partial charge >= 0.3 is 11.9 Å². The zero-order chi connectivity index (χ0) is 21.9. The summed E-state index contributed by atoms with van der Waals surface area (Å²) in [6.45, 7) is -0.136. The molecule has 1 heterocycles. The summed E-state index contributed by atoms with van der Waals surface area (Å²) in [7, 11) is -1.91. The van der Waals surface area contributed by atoms with Gasteiger partial charge in [0.25, 0.3) is 10.0 Å². The molecular formula is C19H16N2O8S. The summed E-state index contributed by atoms with van der Waals surface area (Å²) in [6, 6.07) is 9.23. The van der Waals surface area contributed by atoms with E-state index in [9.17, 15) is 22.8 Å². The molecule has 0 spiro atoms. The number of hydrogen-bond acceptors (Lipinski definition) is 9. The van der Waals surface area contributed by atoms with Crippen molar-refractivity contribution in [2.45, 2.75) is 4.90 Å². The van der Waals surface area contributed by atoms with Gasteiger partial charge in [0.1, 0.15) is 0 Å². The lowest BCUT2D eigenvalue weighted by molar-refractivity contribution is -0.114. The number of Topliss-reactive ketones (excluding diaryl/α,β-unsaturated/α-hetero) is 1. The van der Waals surface area contributed by atoms with E-state index >= 15 is 0 Å². The van der Waals surface area contributed by atoms with E-state index in [0.717, 1.165) is 26.4 Å². The molecule has 0 unspecified atom stereocenters.